The zero-order valence-electron chi connectivity index (χ0n) is 11.2. The minimum Gasteiger partial charge on any atom is -0.236 e. The molecule has 3 aromatic heterocycles. The Morgan fingerprint density at radius 3 is 2.77 bits per heavy atom. The van der Waals surface area contributed by atoms with Crippen LogP contribution in [0.2, 0.25) is 0 Å². The van der Waals surface area contributed by atoms with E-state index in [9.17, 15) is 8.42 Å². The average molecular weight is 330 g/mol. The Hall–Kier alpha value is -2.29. The highest BCUT2D eigenvalue weighted by Crippen LogP contribution is 2.36. The van der Waals surface area contributed by atoms with Crippen LogP contribution in [0, 0.1) is 0 Å². The number of nitrogens with zero attached hydrogens (tertiary/aromatic N) is 3. The lowest BCUT2D eigenvalue weighted by molar-refractivity contribution is 0.593. The lowest BCUT2D eigenvalue weighted by Crippen LogP contribution is -2.16. The highest BCUT2D eigenvalue weighted by molar-refractivity contribution is 7.89. The van der Waals surface area contributed by atoms with Crippen LogP contribution in [0.25, 0.3) is 26.0 Å². The number of primary sulfonamides is 1. The average Bonchev–Trinajstić information content (AvgIpc) is 3.09. The smallest absolute Gasteiger partial charge is 0.236 e. The van der Waals surface area contributed by atoms with Gasteiger partial charge >= 0.3 is 0 Å². The van der Waals surface area contributed by atoms with Crippen molar-refractivity contribution in [3.05, 3.63) is 48.9 Å². The molecule has 0 unspecified atom stereocenters. The van der Waals surface area contributed by atoms with Crippen LogP contribution in [0.3, 0.4) is 0 Å². The van der Waals surface area contributed by atoms with E-state index in [4.69, 9.17) is 5.14 Å². The Kier molecular flexibility index (Phi) is 2.80. The van der Waals surface area contributed by atoms with Gasteiger partial charge in [0.05, 0.1) is 0 Å². The summed E-state index contributed by atoms with van der Waals surface area (Å²) in [7, 11) is -3.93. The summed E-state index contributed by atoms with van der Waals surface area (Å²) >= 11 is 1.58. The largest absolute Gasteiger partial charge is 0.257 e. The number of hydrogen-bond donors (Lipinski definition) is 1. The monoisotopic (exact) mass is 330 g/mol. The molecule has 3 heterocycles. The van der Waals surface area contributed by atoms with E-state index in [0.29, 0.717) is 5.52 Å². The van der Waals surface area contributed by atoms with Crippen molar-refractivity contribution < 1.29 is 8.42 Å². The predicted octanol–water partition coefficient (Wildman–Crippen LogP) is 2.26. The SMILES string of the molecule is NS(=O)(=O)c1ncnn2ccc(-c3cc4ccccc4s3)c12. The van der Waals surface area contributed by atoms with E-state index >= 15 is 0 Å². The first-order valence-electron chi connectivity index (χ1n) is 6.38. The number of aromatic nitrogens is 3. The number of nitrogens with two attached hydrogens (primary N) is 1. The van der Waals surface area contributed by atoms with Gasteiger partial charge in [-0.15, -0.1) is 11.3 Å². The van der Waals surface area contributed by atoms with Crippen LogP contribution >= 0.6 is 11.3 Å². The number of thiophene rings is 1. The number of sulfonamides is 1. The molecule has 0 aliphatic heterocycles. The topological polar surface area (TPSA) is 90.4 Å². The van der Waals surface area contributed by atoms with E-state index < -0.39 is 10.0 Å². The Morgan fingerprint density at radius 1 is 1.18 bits per heavy atom. The summed E-state index contributed by atoms with van der Waals surface area (Å²) in [6.45, 7) is 0. The van der Waals surface area contributed by atoms with Crippen LogP contribution in [0.4, 0.5) is 0 Å². The lowest BCUT2D eigenvalue weighted by atomic mass is 10.2. The van der Waals surface area contributed by atoms with E-state index in [2.05, 4.69) is 10.1 Å². The predicted molar refractivity (Wildman–Crippen MR) is 85.2 cm³/mol. The molecule has 0 amide bonds. The van der Waals surface area contributed by atoms with Gasteiger partial charge in [0.15, 0.2) is 5.03 Å². The first-order valence-corrected chi connectivity index (χ1v) is 8.74. The summed E-state index contributed by atoms with van der Waals surface area (Å²) < 4.78 is 26.2. The maximum absolute atomic E-state index is 11.8. The molecule has 2 N–H and O–H groups in total. The van der Waals surface area contributed by atoms with Gasteiger partial charge < -0.3 is 0 Å². The zero-order valence-corrected chi connectivity index (χ0v) is 12.8. The normalized spacial score (nSPS) is 12.2. The van der Waals surface area contributed by atoms with Crippen molar-refractivity contribution in [2.75, 3.05) is 0 Å². The fourth-order valence-corrected chi connectivity index (χ4v) is 4.20. The number of hydrogen-bond acceptors (Lipinski definition) is 5. The maximum atomic E-state index is 11.8. The molecule has 0 aliphatic rings. The van der Waals surface area contributed by atoms with Crippen molar-refractivity contribution >= 4 is 37.0 Å². The summed E-state index contributed by atoms with van der Waals surface area (Å²) in [6.07, 6.45) is 2.88. The van der Waals surface area contributed by atoms with Crippen LogP contribution in [0.1, 0.15) is 0 Å². The van der Waals surface area contributed by atoms with E-state index in [0.717, 1.165) is 20.5 Å². The molecule has 0 spiro atoms. The number of fused-ring (bicyclic) bond motifs is 2. The van der Waals surface area contributed by atoms with Gasteiger partial charge in [-0.3, -0.25) is 0 Å². The van der Waals surface area contributed by atoms with Crippen LogP contribution in [0.15, 0.2) is 53.9 Å². The van der Waals surface area contributed by atoms with Gasteiger partial charge in [0.25, 0.3) is 10.0 Å². The Labute approximate surface area is 129 Å². The van der Waals surface area contributed by atoms with Gasteiger partial charge in [-0.1, -0.05) is 18.2 Å². The molecule has 110 valence electrons. The zero-order chi connectivity index (χ0) is 15.3. The third kappa shape index (κ3) is 2.00. The third-order valence-electron chi connectivity index (χ3n) is 3.38. The number of benzene rings is 1. The summed E-state index contributed by atoms with van der Waals surface area (Å²) in [5.41, 5.74) is 1.15. The molecule has 0 bridgehead atoms. The van der Waals surface area contributed by atoms with E-state index in [1.165, 1.54) is 10.8 Å². The molecular formula is C14H10N4O2S2. The molecule has 0 radical (unpaired) electrons. The minimum absolute atomic E-state index is 0.167. The molecule has 1 aromatic carbocycles. The fourth-order valence-electron chi connectivity index (χ4n) is 2.45. The molecule has 22 heavy (non-hydrogen) atoms. The first-order chi connectivity index (χ1) is 10.5. The van der Waals surface area contributed by atoms with Gasteiger partial charge in [-0.25, -0.2) is 23.1 Å². The van der Waals surface area contributed by atoms with Crippen molar-refractivity contribution in [3.63, 3.8) is 0 Å². The van der Waals surface area contributed by atoms with Crippen molar-refractivity contribution in [2.45, 2.75) is 5.03 Å². The van der Waals surface area contributed by atoms with Gasteiger partial charge in [-0.05, 0) is 23.6 Å². The summed E-state index contributed by atoms with van der Waals surface area (Å²) in [5.74, 6) is 0. The molecule has 8 heteroatoms. The molecule has 0 fully saturated rings. The standard InChI is InChI=1S/C14H10N4O2S2/c15-22(19,20)14-13-10(5-6-18(13)17-8-16-14)12-7-9-3-1-2-4-11(9)21-12/h1-8H,(H2,15,19,20). The second-order valence-electron chi connectivity index (χ2n) is 4.78. The Morgan fingerprint density at radius 2 is 2.00 bits per heavy atom. The molecule has 4 aromatic rings. The van der Waals surface area contributed by atoms with E-state index in [1.807, 2.05) is 36.4 Å². The van der Waals surface area contributed by atoms with Crippen LogP contribution in [-0.2, 0) is 10.0 Å². The molecule has 0 saturated carbocycles. The fraction of sp³-hybridized carbons (Fsp3) is 0. The number of rotatable bonds is 2. The molecular weight excluding hydrogens is 320 g/mol. The minimum atomic E-state index is -3.93. The van der Waals surface area contributed by atoms with Crippen LogP contribution < -0.4 is 5.14 Å². The molecule has 0 atom stereocenters. The molecule has 0 aliphatic carbocycles. The van der Waals surface area contributed by atoms with Gasteiger partial charge in [0.2, 0.25) is 0 Å². The Balaban J connectivity index is 2.07. The van der Waals surface area contributed by atoms with Gasteiger partial charge in [0.1, 0.15) is 11.8 Å². The molecule has 6 nitrogen and oxygen atoms in total. The highest BCUT2D eigenvalue weighted by Gasteiger charge is 2.20. The molecule has 4 rings (SSSR count). The maximum Gasteiger partial charge on any atom is 0.257 e. The van der Waals surface area contributed by atoms with Gasteiger partial charge in [0, 0.05) is 21.3 Å². The summed E-state index contributed by atoms with van der Waals surface area (Å²) in [4.78, 5) is 4.80. The van der Waals surface area contributed by atoms with E-state index in [1.54, 1.807) is 17.5 Å². The van der Waals surface area contributed by atoms with Crippen LogP contribution in [-0.4, -0.2) is 23.0 Å². The second-order valence-corrected chi connectivity index (χ2v) is 7.34. The van der Waals surface area contributed by atoms with Crippen molar-refractivity contribution in [1.29, 1.82) is 0 Å². The van der Waals surface area contributed by atoms with Crippen molar-refractivity contribution in [3.8, 4) is 10.4 Å². The van der Waals surface area contributed by atoms with E-state index in [-0.39, 0.29) is 5.03 Å². The first kappa shape index (κ1) is 13.4. The quantitative estimate of drug-likeness (QED) is 0.610. The summed E-state index contributed by atoms with van der Waals surface area (Å²) in [6, 6.07) is 11.8. The van der Waals surface area contributed by atoms with Crippen molar-refractivity contribution in [2.24, 2.45) is 5.14 Å². The lowest BCUT2D eigenvalue weighted by Gasteiger charge is -2.02. The van der Waals surface area contributed by atoms with Crippen molar-refractivity contribution in [1.82, 2.24) is 14.6 Å². The highest BCUT2D eigenvalue weighted by atomic mass is 32.2. The Bertz CT molecular complexity index is 1080. The third-order valence-corrected chi connectivity index (χ3v) is 5.37. The van der Waals surface area contributed by atoms with Crippen LogP contribution in [0.5, 0.6) is 0 Å². The summed E-state index contributed by atoms with van der Waals surface area (Å²) in [5, 5.41) is 10.3. The van der Waals surface area contributed by atoms with Gasteiger partial charge in [-0.2, -0.15) is 5.10 Å². The second kappa shape index (κ2) is 4.60. The molecule has 0 saturated heterocycles.